The second-order valence-electron chi connectivity index (χ2n) is 4.12. The number of hydrogen-bond donors (Lipinski definition) is 4. The summed E-state index contributed by atoms with van der Waals surface area (Å²) in [6, 6.07) is 1.22. The maximum atomic E-state index is 11.0. The normalized spacial score (nSPS) is 28.7. The molecule has 1 aliphatic heterocycles. The Bertz CT molecular complexity index is 304. The number of rotatable bonds is 5. The highest BCUT2D eigenvalue weighted by molar-refractivity contribution is 6.40. The van der Waals surface area contributed by atoms with Crippen LogP contribution in [0.5, 0.6) is 0 Å². The van der Waals surface area contributed by atoms with E-state index in [0.29, 0.717) is 25.8 Å². The number of nitrogens with zero attached hydrogens (tertiary/aromatic N) is 1. The molecule has 16 heavy (non-hydrogen) atoms. The monoisotopic (exact) mass is 226 g/mol. The molecule has 0 aromatic rings. The Morgan fingerprint density at radius 2 is 2.31 bits per heavy atom. The average Bonchev–Trinajstić information content (AvgIpc) is 2.62. The summed E-state index contributed by atoms with van der Waals surface area (Å²) in [5.41, 5.74) is -0.916. The molecule has 88 valence electrons. The van der Waals surface area contributed by atoms with Crippen molar-refractivity contribution in [3.63, 3.8) is 0 Å². The molecule has 0 spiro atoms. The molecule has 1 saturated heterocycles. The minimum absolute atomic E-state index is 0.162. The minimum atomic E-state index is -1.40. The Labute approximate surface area is 94.0 Å². The molecule has 0 aliphatic carbocycles. The van der Waals surface area contributed by atoms with Crippen LogP contribution in [-0.4, -0.2) is 40.8 Å². The standard InChI is InChI=1S/C9H15BN2O4/c11-6-9(2-1-4-10(15)16)3-5-12-7(9)8(13)14/h7,12,15-16H,1-5H2,(H,13,14)/t7-,9-/m1/s1. The van der Waals surface area contributed by atoms with Crippen LogP contribution in [0, 0.1) is 16.7 Å². The summed E-state index contributed by atoms with van der Waals surface area (Å²) in [4.78, 5) is 11.0. The van der Waals surface area contributed by atoms with Gasteiger partial charge in [0.1, 0.15) is 6.04 Å². The smallest absolute Gasteiger partial charge is 0.451 e. The van der Waals surface area contributed by atoms with Crippen molar-refractivity contribution in [2.45, 2.75) is 31.6 Å². The Balaban J connectivity index is 2.63. The number of carboxylic acids is 1. The first-order valence-electron chi connectivity index (χ1n) is 5.25. The first kappa shape index (κ1) is 13.0. The summed E-state index contributed by atoms with van der Waals surface area (Å²) in [7, 11) is -1.40. The first-order valence-corrected chi connectivity index (χ1v) is 5.25. The van der Waals surface area contributed by atoms with Crippen LogP contribution in [0.4, 0.5) is 0 Å². The van der Waals surface area contributed by atoms with E-state index >= 15 is 0 Å². The highest BCUT2D eigenvalue weighted by atomic mass is 16.4. The largest absolute Gasteiger partial charge is 0.480 e. The van der Waals surface area contributed by atoms with Gasteiger partial charge < -0.3 is 20.5 Å². The van der Waals surface area contributed by atoms with Gasteiger partial charge in [0.25, 0.3) is 0 Å². The number of nitriles is 1. The molecule has 2 atom stereocenters. The predicted molar refractivity (Wildman–Crippen MR) is 56.3 cm³/mol. The maximum absolute atomic E-state index is 11.0. The molecule has 0 saturated carbocycles. The molecular formula is C9H15BN2O4. The molecule has 0 aromatic carbocycles. The van der Waals surface area contributed by atoms with Crippen molar-refractivity contribution in [1.82, 2.24) is 5.32 Å². The van der Waals surface area contributed by atoms with Gasteiger partial charge >= 0.3 is 13.1 Å². The lowest BCUT2D eigenvalue weighted by atomic mass is 9.74. The van der Waals surface area contributed by atoms with Gasteiger partial charge in [-0.05, 0) is 25.7 Å². The predicted octanol–water partition coefficient (Wildman–Crippen LogP) is -0.804. The van der Waals surface area contributed by atoms with Crippen molar-refractivity contribution < 1.29 is 19.9 Å². The Kier molecular flexibility index (Phi) is 4.30. The number of hydrogen-bond acceptors (Lipinski definition) is 5. The number of carbonyl (C=O) groups is 1. The Morgan fingerprint density at radius 1 is 1.62 bits per heavy atom. The van der Waals surface area contributed by atoms with Gasteiger partial charge in [0, 0.05) is 0 Å². The minimum Gasteiger partial charge on any atom is -0.480 e. The third-order valence-corrected chi connectivity index (χ3v) is 3.03. The molecule has 1 rings (SSSR count). The zero-order valence-corrected chi connectivity index (χ0v) is 8.89. The van der Waals surface area contributed by atoms with Gasteiger partial charge in [-0.1, -0.05) is 6.42 Å². The summed E-state index contributed by atoms with van der Waals surface area (Å²) >= 11 is 0. The number of nitrogens with one attached hydrogen (secondary N) is 1. The second kappa shape index (κ2) is 5.30. The summed E-state index contributed by atoms with van der Waals surface area (Å²) < 4.78 is 0. The van der Waals surface area contributed by atoms with E-state index in [1.54, 1.807) is 0 Å². The highest BCUT2D eigenvalue weighted by Gasteiger charge is 2.47. The van der Waals surface area contributed by atoms with Gasteiger partial charge in [0.15, 0.2) is 0 Å². The van der Waals surface area contributed by atoms with Crippen LogP contribution in [0.15, 0.2) is 0 Å². The van der Waals surface area contributed by atoms with E-state index in [2.05, 4.69) is 11.4 Å². The lowest BCUT2D eigenvalue weighted by Gasteiger charge is -2.24. The van der Waals surface area contributed by atoms with Crippen molar-refractivity contribution in [3.8, 4) is 6.07 Å². The SMILES string of the molecule is N#C[C@@]1(CCCB(O)O)CCN[C@@H]1C(=O)O. The Hall–Kier alpha value is -1.10. The van der Waals surface area contributed by atoms with Crippen LogP contribution < -0.4 is 5.32 Å². The molecule has 7 heteroatoms. The fourth-order valence-electron chi connectivity index (χ4n) is 2.15. The van der Waals surface area contributed by atoms with Crippen molar-refractivity contribution in [3.05, 3.63) is 0 Å². The lowest BCUT2D eigenvalue weighted by molar-refractivity contribution is -0.141. The van der Waals surface area contributed by atoms with Gasteiger partial charge in [0.05, 0.1) is 11.5 Å². The molecular weight excluding hydrogens is 211 g/mol. The number of aliphatic carboxylic acids is 1. The van der Waals surface area contributed by atoms with Gasteiger partial charge in [-0.2, -0.15) is 5.26 Å². The topological polar surface area (TPSA) is 114 Å². The quantitative estimate of drug-likeness (QED) is 0.456. The van der Waals surface area contributed by atoms with E-state index in [9.17, 15) is 4.79 Å². The summed E-state index contributed by atoms with van der Waals surface area (Å²) in [6.45, 7) is 0.506. The number of carboxylic acid groups (broad SMARTS) is 1. The van der Waals surface area contributed by atoms with E-state index in [1.807, 2.05) is 0 Å². The van der Waals surface area contributed by atoms with E-state index in [4.69, 9.17) is 20.4 Å². The van der Waals surface area contributed by atoms with Gasteiger partial charge in [-0.25, -0.2) is 0 Å². The molecule has 0 unspecified atom stereocenters. The molecule has 1 fully saturated rings. The second-order valence-corrected chi connectivity index (χ2v) is 4.12. The molecule has 0 radical (unpaired) electrons. The van der Waals surface area contributed by atoms with Crippen molar-refractivity contribution in [1.29, 1.82) is 5.26 Å². The van der Waals surface area contributed by atoms with E-state index in [-0.39, 0.29) is 6.32 Å². The third-order valence-electron chi connectivity index (χ3n) is 3.03. The Morgan fingerprint density at radius 3 is 2.81 bits per heavy atom. The summed E-state index contributed by atoms with van der Waals surface area (Å²) in [5, 5.41) is 38.3. The van der Waals surface area contributed by atoms with E-state index in [1.165, 1.54) is 0 Å². The van der Waals surface area contributed by atoms with Crippen LogP contribution in [-0.2, 0) is 4.79 Å². The van der Waals surface area contributed by atoms with Crippen molar-refractivity contribution >= 4 is 13.1 Å². The molecule has 4 N–H and O–H groups in total. The molecule has 1 aliphatic rings. The first-order chi connectivity index (χ1) is 7.52. The van der Waals surface area contributed by atoms with Crippen molar-refractivity contribution in [2.75, 3.05) is 6.54 Å². The summed E-state index contributed by atoms with van der Waals surface area (Å²) in [6.07, 6.45) is 1.44. The van der Waals surface area contributed by atoms with Gasteiger partial charge in [0.2, 0.25) is 0 Å². The molecule has 1 heterocycles. The third kappa shape index (κ3) is 2.73. The van der Waals surface area contributed by atoms with Gasteiger partial charge in [-0.15, -0.1) is 0 Å². The van der Waals surface area contributed by atoms with Crippen LogP contribution in [0.2, 0.25) is 6.32 Å². The molecule has 6 nitrogen and oxygen atoms in total. The van der Waals surface area contributed by atoms with E-state index in [0.717, 1.165) is 0 Å². The van der Waals surface area contributed by atoms with Gasteiger partial charge in [-0.3, -0.25) is 4.79 Å². The van der Waals surface area contributed by atoms with Crippen LogP contribution in [0.25, 0.3) is 0 Å². The fourth-order valence-corrected chi connectivity index (χ4v) is 2.15. The zero-order valence-electron chi connectivity index (χ0n) is 8.89. The maximum Gasteiger partial charge on any atom is 0.451 e. The molecule has 0 aromatic heterocycles. The lowest BCUT2D eigenvalue weighted by Crippen LogP contribution is -2.42. The zero-order chi connectivity index (χ0) is 12.2. The molecule has 0 amide bonds. The average molecular weight is 226 g/mol. The highest BCUT2D eigenvalue weighted by Crippen LogP contribution is 2.36. The molecule has 0 bridgehead atoms. The summed E-state index contributed by atoms with van der Waals surface area (Å²) in [5.74, 6) is -1.02. The van der Waals surface area contributed by atoms with E-state index < -0.39 is 24.5 Å². The van der Waals surface area contributed by atoms with Crippen molar-refractivity contribution in [2.24, 2.45) is 5.41 Å². The fraction of sp³-hybridized carbons (Fsp3) is 0.778. The van der Waals surface area contributed by atoms with Crippen LogP contribution >= 0.6 is 0 Å². The van der Waals surface area contributed by atoms with Crippen LogP contribution in [0.1, 0.15) is 19.3 Å². The van der Waals surface area contributed by atoms with Crippen LogP contribution in [0.3, 0.4) is 0 Å².